The number of carbonyl (C=O) groups is 2. The molecule has 0 radical (unpaired) electrons. The van der Waals surface area contributed by atoms with Gasteiger partial charge in [0.1, 0.15) is 11.1 Å². The van der Waals surface area contributed by atoms with Crippen LogP contribution in [-0.2, 0) is 9.59 Å². The van der Waals surface area contributed by atoms with Crippen LogP contribution in [0.3, 0.4) is 0 Å². The first-order valence-corrected chi connectivity index (χ1v) is 5.98. The minimum atomic E-state index is -1.33. The number of aromatic nitrogens is 1. The van der Waals surface area contributed by atoms with E-state index in [2.05, 4.69) is 10.3 Å². The molecule has 2 rings (SSSR count). The van der Waals surface area contributed by atoms with Crippen LogP contribution in [0.5, 0.6) is 0 Å². The maximum absolute atomic E-state index is 11.6. The molecule has 1 aromatic heterocycles. The summed E-state index contributed by atoms with van der Waals surface area (Å²) in [4.78, 5) is 26.7. The summed E-state index contributed by atoms with van der Waals surface area (Å²) >= 11 is 0. The Morgan fingerprint density at radius 3 is 2.70 bits per heavy atom. The molecular formula is C14H14N2O4. The van der Waals surface area contributed by atoms with Gasteiger partial charge in [-0.2, -0.15) is 0 Å². The van der Waals surface area contributed by atoms with Gasteiger partial charge in [0.2, 0.25) is 11.8 Å². The molecule has 0 aliphatic carbocycles. The van der Waals surface area contributed by atoms with Crippen molar-refractivity contribution in [2.75, 3.05) is 0 Å². The van der Waals surface area contributed by atoms with Crippen molar-refractivity contribution < 1.29 is 19.1 Å². The average molecular weight is 274 g/mol. The maximum atomic E-state index is 11.6. The third-order valence-corrected chi connectivity index (χ3v) is 2.66. The lowest BCUT2D eigenvalue weighted by Gasteiger charge is -2.19. The first-order chi connectivity index (χ1) is 9.38. The zero-order valence-electron chi connectivity index (χ0n) is 11.1. The predicted molar refractivity (Wildman–Crippen MR) is 72.9 cm³/mol. The van der Waals surface area contributed by atoms with Crippen molar-refractivity contribution in [3.05, 3.63) is 36.2 Å². The molecule has 0 saturated carbocycles. The molecule has 0 aliphatic heterocycles. The number of carbonyl (C=O) groups excluding carboxylic acids is 1. The van der Waals surface area contributed by atoms with Crippen molar-refractivity contribution in [1.82, 2.24) is 10.3 Å². The summed E-state index contributed by atoms with van der Waals surface area (Å²) in [7, 11) is 0. The van der Waals surface area contributed by atoms with E-state index in [1.165, 1.54) is 26.0 Å². The highest BCUT2D eigenvalue weighted by Crippen LogP contribution is 2.15. The van der Waals surface area contributed by atoms with Crippen LogP contribution in [0.2, 0.25) is 0 Å². The Balaban J connectivity index is 2.09. The molecule has 0 fully saturated rings. The van der Waals surface area contributed by atoms with E-state index in [0.29, 0.717) is 11.1 Å². The molecule has 0 aliphatic rings. The quantitative estimate of drug-likeness (QED) is 0.830. The van der Waals surface area contributed by atoms with Crippen molar-refractivity contribution in [3.63, 3.8) is 0 Å². The van der Waals surface area contributed by atoms with E-state index >= 15 is 0 Å². The van der Waals surface area contributed by atoms with Crippen LogP contribution in [0.4, 0.5) is 0 Å². The van der Waals surface area contributed by atoms with Crippen LogP contribution in [0.25, 0.3) is 17.2 Å². The van der Waals surface area contributed by atoms with Gasteiger partial charge in [-0.1, -0.05) is 12.1 Å². The SMILES string of the molecule is CC(C)(NC(=O)/C=C/c1nc2ccccc2o1)C(=O)O. The zero-order chi connectivity index (χ0) is 14.8. The molecule has 1 aromatic carbocycles. The number of aliphatic carboxylic acids is 1. The number of oxazole rings is 1. The van der Waals surface area contributed by atoms with Crippen LogP contribution in [-0.4, -0.2) is 27.5 Å². The van der Waals surface area contributed by atoms with E-state index < -0.39 is 17.4 Å². The molecule has 1 heterocycles. The second kappa shape index (κ2) is 5.16. The number of nitrogens with one attached hydrogen (secondary N) is 1. The Morgan fingerprint density at radius 1 is 1.35 bits per heavy atom. The Labute approximate surface area is 115 Å². The molecule has 6 heteroatoms. The van der Waals surface area contributed by atoms with Crippen LogP contribution in [0, 0.1) is 0 Å². The van der Waals surface area contributed by atoms with E-state index in [1.807, 2.05) is 12.1 Å². The van der Waals surface area contributed by atoms with Gasteiger partial charge in [0.05, 0.1) is 0 Å². The molecule has 0 unspecified atom stereocenters. The van der Waals surface area contributed by atoms with Crippen molar-refractivity contribution >= 4 is 29.1 Å². The topological polar surface area (TPSA) is 92.4 Å². The smallest absolute Gasteiger partial charge is 0.328 e. The molecule has 0 spiro atoms. The van der Waals surface area contributed by atoms with Gasteiger partial charge < -0.3 is 14.8 Å². The summed E-state index contributed by atoms with van der Waals surface area (Å²) in [5.41, 5.74) is -0.0141. The van der Waals surface area contributed by atoms with E-state index in [0.717, 1.165) is 0 Å². The molecule has 6 nitrogen and oxygen atoms in total. The second-order valence-electron chi connectivity index (χ2n) is 4.77. The van der Waals surface area contributed by atoms with Crippen LogP contribution >= 0.6 is 0 Å². The average Bonchev–Trinajstić information content (AvgIpc) is 2.78. The van der Waals surface area contributed by atoms with Gasteiger partial charge in [0, 0.05) is 12.2 Å². The van der Waals surface area contributed by atoms with Crippen molar-refractivity contribution in [3.8, 4) is 0 Å². The minimum absolute atomic E-state index is 0.287. The number of hydrogen-bond donors (Lipinski definition) is 2. The van der Waals surface area contributed by atoms with Gasteiger partial charge in [0.25, 0.3) is 0 Å². The van der Waals surface area contributed by atoms with Crippen LogP contribution < -0.4 is 5.32 Å². The van der Waals surface area contributed by atoms with Gasteiger partial charge >= 0.3 is 5.97 Å². The Hall–Kier alpha value is -2.63. The number of fused-ring (bicyclic) bond motifs is 1. The molecule has 2 N–H and O–H groups in total. The number of amides is 1. The lowest BCUT2D eigenvalue weighted by Crippen LogP contribution is -2.49. The fraction of sp³-hybridized carbons (Fsp3) is 0.214. The van der Waals surface area contributed by atoms with Gasteiger partial charge in [-0.15, -0.1) is 0 Å². The van der Waals surface area contributed by atoms with Crippen LogP contribution in [0.1, 0.15) is 19.7 Å². The Morgan fingerprint density at radius 2 is 2.05 bits per heavy atom. The first-order valence-electron chi connectivity index (χ1n) is 5.98. The molecule has 20 heavy (non-hydrogen) atoms. The number of para-hydroxylation sites is 2. The molecule has 1 amide bonds. The van der Waals surface area contributed by atoms with E-state index in [4.69, 9.17) is 9.52 Å². The third-order valence-electron chi connectivity index (χ3n) is 2.66. The maximum Gasteiger partial charge on any atom is 0.328 e. The number of carboxylic acid groups (broad SMARTS) is 1. The van der Waals surface area contributed by atoms with Crippen LogP contribution in [0.15, 0.2) is 34.8 Å². The number of hydrogen-bond acceptors (Lipinski definition) is 4. The second-order valence-corrected chi connectivity index (χ2v) is 4.77. The largest absolute Gasteiger partial charge is 0.480 e. The van der Waals surface area contributed by atoms with Crippen molar-refractivity contribution in [1.29, 1.82) is 0 Å². The fourth-order valence-electron chi connectivity index (χ4n) is 1.51. The highest BCUT2D eigenvalue weighted by molar-refractivity contribution is 5.95. The minimum Gasteiger partial charge on any atom is -0.480 e. The molecule has 104 valence electrons. The van der Waals surface area contributed by atoms with E-state index in [9.17, 15) is 9.59 Å². The third kappa shape index (κ3) is 3.03. The number of nitrogens with zero attached hydrogens (tertiary/aromatic N) is 1. The van der Waals surface area contributed by atoms with Crippen molar-refractivity contribution in [2.24, 2.45) is 0 Å². The highest BCUT2D eigenvalue weighted by Gasteiger charge is 2.27. The lowest BCUT2D eigenvalue weighted by atomic mass is 10.1. The fourth-order valence-corrected chi connectivity index (χ4v) is 1.51. The molecular weight excluding hydrogens is 260 g/mol. The first kappa shape index (κ1) is 13.8. The van der Waals surface area contributed by atoms with E-state index in [-0.39, 0.29) is 5.89 Å². The summed E-state index contributed by atoms with van der Waals surface area (Å²) in [6.07, 6.45) is 2.59. The van der Waals surface area contributed by atoms with Gasteiger partial charge in [-0.05, 0) is 26.0 Å². The summed E-state index contributed by atoms with van der Waals surface area (Å²) in [5.74, 6) is -1.35. The molecule has 2 aromatic rings. The van der Waals surface area contributed by atoms with Gasteiger partial charge in [-0.3, -0.25) is 4.79 Å². The summed E-state index contributed by atoms with van der Waals surface area (Å²) < 4.78 is 5.40. The summed E-state index contributed by atoms with van der Waals surface area (Å²) in [5, 5.41) is 11.3. The molecule has 0 bridgehead atoms. The summed E-state index contributed by atoms with van der Waals surface area (Å²) in [6.45, 7) is 2.81. The van der Waals surface area contributed by atoms with Gasteiger partial charge in [-0.25, -0.2) is 9.78 Å². The van der Waals surface area contributed by atoms with E-state index in [1.54, 1.807) is 12.1 Å². The monoisotopic (exact) mass is 274 g/mol. The predicted octanol–water partition coefficient (Wildman–Crippen LogP) is 1.82. The normalized spacial score (nSPS) is 11.9. The van der Waals surface area contributed by atoms with Crippen molar-refractivity contribution in [2.45, 2.75) is 19.4 Å². The molecule has 0 atom stereocenters. The Bertz CT molecular complexity index is 652. The zero-order valence-corrected chi connectivity index (χ0v) is 11.1. The summed E-state index contributed by atoms with van der Waals surface area (Å²) in [6, 6.07) is 7.22. The lowest BCUT2D eigenvalue weighted by molar-refractivity contribution is -0.145. The highest BCUT2D eigenvalue weighted by atomic mass is 16.4. The van der Waals surface area contributed by atoms with Gasteiger partial charge in [0.15, 0.2) is 5.58 Å². The Kier molecular flexibility index (Phi) is 3.56. The standard InChI is InChI=1S/C14H14N2O4/c1-14(2,13(18)19)16-11(17)7-8-12-15-9-5-3-4-6-10(9)20-12/h3-8H,1-2H3,(H,16,17)(H,18,19)/b8-7+. The number of benzene rings is 1. The number of rotatable bonds is 4. The molecule has 0 saturated heterocycles. The number of carboxylic acids is 1.